The smallest absolute Gasteiger partial charge is 0.149 e. The number of hydrogen-bond donors (Lipinski definition) is 0. The van der Waals surface area contributed by atoms with E-state index < -0.39 is 0 Å². The van der Waals surface area contributed by atoms with Gasteiger partial charge in [-0.15, -0.1) is 0 Å². The number of imidazole rings is 1. The van der Waals surface area contributed by atoms with Crippen LogP contribution in [0, 0.1) is 11.3 Å². The van der Waals surface area contributed by atoms with Crippen LogP contribution in [0.15, 0.2) is 144 Å². The van der Waals surface area contributed by atoms with Crippen molar-refractivity contribution in [2.24, 2.45) is 0 Å². The molecule has 0 amide bonds. The Kier molecular flexibility index (Phi) is 7.52. The molecule has 2 aromatic heterocycles. The molecular weight excluding hydrogens is 635 g/mol. The standard InChI is InChI=1S/C48H37N3O/c1-29(2)39-25-34(31-14-7-5-8-15-31)26-40(30(3)4)45(39)51-44-21-12-11-20-43(44)50-48(51)38-19-13-18-36-37-23-22-33-24-41(32-16-9-6-10-17-32)35(28-49)27-42(33)47(37)52-46(36)38/h5-27,29-30H,1-4H3. The number of benzene rings is 7. The fraction of sp³-hybridized carbons (Fsp3) is 0.125. The summed E-state index contributed by atoms with van der Waals surface area (Å²) in [6, 6.07) is 51.1. The summed E-state index contributed by atoms with van der Waals surface area (Å²) in [6.07, 6.45) is 0. The van der Waals surface area contributed by atoms with Gasteiger partial charge < -0.3 is 4.42 Å². The molecule has 0 aliphatic carbocycles. The van der Waals surface area contributed by atoms with Crippen molar-refractivity contribution in [2.75, 3.05) is 0 Å². The molecule has 0 radical (unpaired) electrons. The third-order valence-corrected chi connectivity index (χ3v) is 10.4. The third kappa shape index (κ3) is 5.00. The van der Waals surface area contributed by atoms with E-state index in [2.05, 4.69) is 141 Å². The van der Waals surface area contributed by atoms with E-state index in [1.807, 2.05) is 36.4 Å². The van der Waals surface area contributed by atoms with Gasteiger partial charge in [-0.2, -0.15) is 5.26 Å². The minimum atomic E-state index is 0.258. The summed E-state index contributed by atoms with van der Waals surface area (Å²) in [6.45, 7) is 9.11. The Morgan fingerprint density at radius 3 is 1.92 bits per heavy atom. The van der Waals surface area contributed by atoms with Crippen molar-refractivity contribution in [3.63, 3.8) is 0 Å². The molecule has 9 rings (SSSR count). The SMILES string of the molecule is CC(C)c1cc(-c2ccccc2)cc(C(C)C)c1-n1c(-c2cccc3c2oc2c4cc(C#N)c(-c5ccccc5)cc4ccc32)nc2ccccc21. The van der Waals surface area contributed by atoms with E-state index in [1.54, 1.807) is 0 Å². The fourth-order valence-corrected chi connectivity index (χ4v) is 7.80. The lowest BCUT2D eigenvalue weighted by Crippen LogP contribution is -2.09. The molecule has 7 aromatic carbocycles. The number of rotatable bonds is 6. The topological polar surface area (TPSA) is 54.8 Å². The molecular formula is C48H37N3O. The van der Waals surface area contributed by atoms with Crippen LogP contribution in [0.4, 0.5) is 0 Å². The van der Waals surface area contributed by atoms with Crippen LogP contribution in [0.5, 0.6) is 0 Å². The van der Waals surface area contributed by atoms with Crippen molar-refractivity contribution < 1.29 is 4.42 Å². The maximum atomic E-state index is 10.3. The zero-order valence-corrected chi connectivity index (χ0v) is 29.7. The Morgan fingerprint density at radius 2 is 1.23 bits per heavy atom. The summed E-state index contributed by atoms with van der Waals surface area (Å²) < 4.78 is 9.32. The van der Waals surface area contributed by atoms with Crippen LogP contribution in [0.3, 0.4) is 0 Å². The van der Waals surface area contributed by atoms with Gasteiger partial charge in [0, 0.05) is 21.7 Å². The van der Waals surface area contributed by atoms with Gasteiger partial charge in [-0.1, -0.05) is 119 Å². The Balaban J connectivity index is 1.33. The Morgan fingerprint density at radius 1 is 0.577 bits per heavy atom. The molecule has 0 atom stereocenters. The van der Waals surface area contributed by atoms with E-state index >= 15 is 0 Å². The number of furan rings is 1. The predicted molar refractivity (Wildman–Crippen MR) is 215 cm³/mol. The highest BCUT2D eigenvalue weighted by Crippen LogP contribution is 2.44. The second kappa shape index (κ2) is 12.4. The molecule has 0 spiro atoms. The molecule has 0 saturated carbocycles. The van der Waals surface area contributed by atoms with Crippen LogP contribution in [0.1, 0.15) is 56.2 Å². The average Bonchev–Trinajstić information content (AvgIpc) is 3.76. The molecule has 2 heterocycles. The zero-order valence-electron chi connectivity index (χ0n) is 29.7. The molecule has 0 unspecified atom stereocenters. The second-order valence-electron chi connectivity index (χ2n) is 14.3. The van der Waals surface area contributed by atoms with Gasteiger partial charge in [0.15, 0.2) is 0 Å². The summed E-state index contributed by atoms with van der Waals surface area (Å²) in [7, 11) is 0. The fourth-order valence-electron chi connectivity index (χ4n) is 7.80. The molecule has 0 fully saturated rings. The molecule has 0 N–H and O–H groups in total. The molecule has 0 aliphatic rings. The van der Waals surface area contributed by atoms with E-state index in [1.165, 1.54) is 27.9 Å². The number of fused-ring (bicyclic) bond motifs is 6. The highest BCUT2D eigenvalue weighted by atomic mass is 16.3. The number of aromatic nitrogens is 2. The molecule has 4 heteroatoms. The quantitative estimate of drug-likeness (QED) is 0.177. The van der Waals surface area contributed by atoms with E-state index in [0.29, 0.717) is 5.56 Å². The number of para-hydroxylation sites is 3. The van der Waals surface area contributed by atoms with E-state index in [0.717, 1.165) is 66.3 Å². The van der Waals surface area contributed by atoms with Crippen LogP contribution < -0.4 is 0 Å². The first-order valence-corrected chi connectivity index (χ1v) is 18.0. The van der Waals surface area contributed by atoms with Crippen molar-refractivity contribution in [3.05, 3.63) is 156 Å². The average molecular weight is 672 g/mol. The van der Waals surface area contributed by atoms with Crippen LogP contribution in [-0.4, -0.2) is 9.55 Å². The minimum Gasteiger partial charge on any atom is -0.455 e. The molecule has 4 nitrogen and oxygen atoms in total. The molecule has 0 aliphatic heterocycles. The number of nitrogens with zero attached hydrogens (tertiary/aromatic N) is 3. The number of hydrogen-bond acceptors (Lipinski definition) is 3. The summed E-state index contributed by atoms with van der Waals surface area (Å²) in [5, 5.41) is 14.2. The molecule has 9 aromatic rings. The van der Waals surface area contributed by atoms with Gasteiger partial charge in [-0.05, 0) is 93.6 Å². The molecule has 0 saturated heterocycles. The van der Waals surface area contributed by atoms with E-state index in [9.17, 15) is 5.26 Å². The first-order chi connectivity index (χ1) is 25.4. The Hall–Kier alpha value is -6.44. The molecule has 52 heavy (non-hydrogen) atoms. The minimum absolute atomic E-state index is 0.258. The summed E-state index contributed by atoms with van der Waals surface area (Å²) >= 11 is 0. The molecule has 250 valence electrons. The van der Waals surface area contributed by atoms with Gasteiger partial charge in [-0.3, -0.25) is 4.57 Å². The normalized spacial score (nSPS) is 11.8. The Bertz CT molecular complexity index is 2820. The van der Waals surface area contributed by atoms with Crippen molar-refractivity contribution in [1.29, 1.82) is 5.26 Å². The monoisotopic (exact) mass is 671 g/mol. The summed E-state index contributed by atoms with van der Waals surface area (Å²) in [5.74, 6) is 1.36. The highest BCUT2D eigenvalue weighted by molar-refractivity contribution is 6.18. The molecule has 0 bridgehead atoms. The van der Waals surface area contributed by atoms with Crippen LogP contribution in [0.2, 0.25) is 0 Å². The lowest BCUT2D eigenvalue weighted by atomic mass is 9.88. The second-order valence-corrected chi connectivity index (χ2v) is 14.3. The van der Waals surface area contributed by atoms with Gasteiger partial charge in [0.25, 0.3) is 0 Å². The van der Waals surface area contributed by atoms with Crippen LogP contribution >= 0.6 is 0 Å². The highest BCUT2D eigenvalue weighted by Gasteiger charge is 2.26. The lowest BCUT2D eigenvalue weighted by Gasteiger charge is -2.24. The van der Waals surface area contributed by atoms with Gasteiger partial charge in [0.1, 0.15) is 17.0 Å². The largest absolute Gasteiger partial charge is 0.455 e. The van der Waals surface area contributed by atoms with E-state index in [-0.39, 0.29) is 11.8 Å². The van der Waals surface area contributed by atoms with Crippen molar-refractivity contribution in [2.45, 2.75) is 39.5 Å². The maximum absolute atomic E-state index is 10.3. The van der Waals surface area contributed by atoms with Crippen LogP contribution in [-0.2, 0) is 0 Å². The first-order valence-electron chi connectivity index (χ1n) is 18.0. The van der Waals surface area contributed by atoms with Gasteiger partial charge in [0.05, 0.1) is 33.9 Å². The van der Waals surface area contributed by atoms with Crippen molar-refractivity contribution in [3.8, 4) is 45.4 Å². The van der Waals surface area contributed by atoms with Crippen LogP contribution in [0.25, 0.3) is 83.1 Å². The summed E-state index contributed by atoms with van der Waals surface area (Å²) in [4.78, 5) is 5.36. The van der Waals surface area contributed by atoms with Gasteiger partial charge >= 0.3 is 0 Å². The van der Waals surface area contributed by atoms with Gasteiger partial charge in [0.2, 0.25) is 0 Å². The maximum Gasteiger partial charge on any atom is 0.149 e. The first kappa shape index (κ1) is 31.5. The van der Waals surface area contributed by atoms with Crippen molar-refractivity contribution in [1.82, 2.24) is 9.55 Å². The predicted octanol–water partition coefficient (Wildman–Crippen LogP) is 13.2. The Labute approximate surface area is 303 Å². The summed E-state index contributed by atoms with van der Waals surface area (Å²) in [5.41, 5.74) is 13.2. The van der Waals surface area contributed by atoms with Gasteiger partial charge in [-0.25, -0.2) is 4.98 Å². The number of nitriles is 1. The van der Waals surface area contributed by atoms with E-state index in [4.69, 9.17) is 9.40 Å². The zero-order chi connectivity index (χ0) is 35.5. The lowest BCUT2D eigenvalue weighted by molar-refractivity contribution is 0.673. The van der Waals surface area contributed by atoms with Crippen molar-refractivity contribution >= 4 is 43.7 Å². The third-order valence-electron chi connectivity index (χ3n) is 10.4.